The highest BCUT2D eigenvalue weighted by molar-refractivity contribution is 6.21. The van der Waals surface area contributed by atoms with Crippen LogP contribution in [0.1, 0.15) is 25.7 Å². The molecule has 3 rings (SSSR count). The highest BCUT2D eigenvalue weighted by Gasteiger charge is 2.45. The number of methoxy groups -OCH3 is 1. The van der Waals surface area contributed by atoms with Gasteiger partial charge in [0.05, 0.1) is 12.8 Å². The van der Waals surface area contributed by atoms with Gasteiger partial charge >= 0.3 is 6.03 Å². The van der Waals surface area contributed by atoms with Crippen LogP contribution in [-0.2, 0) is 4.79 Å². The Morgan fingerprint density at radius 3 is 2.55 bits per heavy atom. The summed E-state index contributed by atoms with van der Waals surface area (Å²) in [6.45, 7) is 0.682. The molecule has 0 radical (unpaired) electrons. The van der Waals surface area contributed by atoms with Gasteiger partial charge in [0.25, 0.3) is 5.91 Å². The SMILES string of the molecule is COc1ccc(N2C(=O)[C@@H]3CCCCCN3C2=O)cc1. The number of fused-ring (bicyclic) bond motifs is 1. The summed E-state index contributed by atoms with van der Waals surface area (Å²) in [5.74, 6) is 0.615. The molecule has 0 bridgehead atoms. The largest absolute Gasteiger partial charge is 0.497 e. The summed E-state index contributed by atoms with van der Waals surface area (Å²) in [7, 11) is 1.59. The van der Waals surface area contributed by atoms with Crippen LogP contribution in [0.25, 0.3) is 0 Å². The minimum Gasteiger partial charge on any atom is -0.497 e. The van der Waals surface area contributed by atoms with Gasteiger partial charge < -0.3 is 9.64 Å². The average Bonchev–Trinajstić information content (AvgIpc) is 2.66. The molecule has 0 aromatic heterocycles. The predicted octanol–water partition coefficient (Wildman–Crippen LogP) is 2.41. The number of anilines is 1. The highest BCUT2D eigenvalue weighted by Crippen LogP contribution is 2.30. The molecule has 0 aliphatic carbocycles. The maximum Gasteiger partial charge on any atom is 0.332 e. The molecule has 1 aromatic rings. The first-order chi connectivity index (χ1) is 9.72. The summed E-state index contributed by atoms with van der Waals surface area (Å²) in [5.41, 5.74) is 0.619. The van der Waals surface area contributed by atoms with Gasteiger partial charge in [-0.05, 0) is 37.1 Å². The molecule has 0 saturated carbocycles. The van der Waals surface area contributed by atoms with Crippen molar-refractivity contribution in [2.45, 2.75) is 31.7 Å². The zero-order valence-electron chi connectivity index (χ0n) is 11.5. The highest BCUT2D eigenvalue weighted by atomic mass is 16.5. The van der Waals surface area contributed by atoms with E-state index >= 15 is 0 Å². The van der Waals surface area contributed by atoms with Crippen LogP contribution >= 0.6 is 0 Å². The Hall–Kier alpha value is -2.04. The first-order valence-corrected chi connectivity index (χ1v) is 7.01. The molecule has 0 spiro atoms. The molecule has 5 nitrogen and oxygen atoms in total. The van der Waals surface area contributed by atoms with Gasteiger partial charge in [0.15, 0.2) is 0 Å². The Bertz CT molecular complexity index is 502. The Morgan fingerprint density at radius 2 is 1.85 bits per heavy atom. The topological polar surface area (TPSA) is 49.9 Å². The molecule has 2 saturated heterocycles. The van der Waals surface area contributed by atoms with Crippen LogP contribution < -0.4 is 9.64 Å². The van der Waals surface area contributed by atoms with Crippen molar-refractivity contribution in [1.82, 2.24) is 4.90 Å². The molecule has 3 amide bonds. The quantitative estimate of drug-likeness (QED) is 0.778. The average molecular weight is 274 g/mol. The summed E-state index contributed by atoms with van der Waals surface area (Å²) >= 11 is 0. The molecule has 2 heterocycles. The molecule has 5 heteroatoms. The molecule has 0 N–H and O–H groups in total. The second-order valence-electron chi connectivity index (χ2n) is 5.21. The number of hydrogen-bond donors (Lipinski definition) is 0. The summed E-state index contributed by atoms with van der Waals surface area (Å²) in [6, 6.07) is 6.57. The fourth-order valence-electron chi connectivity index (χ4n) is 2.93. The minimum absolute atomic E-state index is 0.0953. The van der Waals surface area contributed by atoms with Crippen molar-refractivity contribution < 1.29 is 14.3 Å². The maximum absolute atomic E-state index is 12.5. The first kappa shape index (κ1) is 13.0. The van der Waals surface area contributed by atoms with Crippen LogP contribution in [0.2, 0.25) is 0 Å². The Morgan fingerprint density at radius 1 is 1.10 bits per heavy atom. The van der Waals surface area contributed by atoms with E-state index in [1.807, 2.05) is 0 Å². The number of benzene rings is 1. The summed E-state index contributed by atoms with van der Waals surface area (Å²) in [6.07, 6.45) is 3.86. The number of rotatable bonds is 2. The third-order valence-electron chi connectivity index (χ3n) is 4.03. The van der Waals surface area contributed by atoms with Gasteiger partial charge in [-0.25, -0.2) is 9.69 Å². The second-order valence-corrected chi connectivity index (χ2v) is 5.21. The predicted molar refractivity (Wildman–Crippen MR) is 74.8 cm³/mol. The molecular weight excluding hydrogens is 256 g/mol. The number of hydrogen-bond acceptors (Lipinski definition) is 3. The summed E-state index contributed by atoms with van der Waals surface area (Å²) < 4.78 is 5.10. The zero-order valence-corrected chi connectivity index (χ0v) is 11.5. The van der Waals surface area contributed by atoms with Crippen LogP contribution in [0.5, 0.6) is 5.75 Å². The second kappa shape index (κ2) is 5.15. The number of carbonyl (C=O) groups excluding carboxylic acids is 2. The van der Waals surface area contributed by atoms with Crippen molar-refractivity contribution in [2.24, 2.45) is 0 Å². The molecule has 1 atom stereocenters. The number of imide groups is 1. The molecule has 20 heavy (non-hydrogen) atoms. The third-order valence-corrected chi connectivity index (χ3v) is 4.03. The van der Waals surface area contributed by atoms with Crippen molar-refractivity contribution in [1.29, 1.82) is 0 Å². The smallest absolute Gasteiger partial charge is 0.332 e. The first-order valence-electron chi connectivity index (χ1n) is 7.01. The summed E-state index contributed by atoms with van der Waals surface area (Å²) in [5, 5.41) is 0. The van der Waals surface area contributed by atoms with Gasteiger partial charge in [-0.2, -0.15) is 0 Å². The lowest BCUT2D eigenvalue weighted by Gasteiger charge is -2.18. The number of nitrogens with zero attached hydrogens (tertiary/aromatic N) is 2. The molecular formula is C15H18N2O3. The summed E-state index contributed by atoms with van der Waals surface area (Å²) in [4.78, 5) is 28.0. The molecule has 0 unspecified atom stereocenters. The Labute approximate surface area is 118 Å². The Balaban J connectivity index is 1.89. The van der Waals surface area contributed by atoms with E-state index in [-0.39, 0.29) is 18.0 Å². The minimum atomic E-state index is -0.271. The van der Waals surface area contributed by atoms with E-state index in [2.05, 4.69) is 0 Å². The fourth-order valence-corrected chi connectivity index (χ4v) is 2.93. The van der Waals surface area contributed by atoms with Crippen LogP contribution in [0.15, 0.2) is 24.3 Å². The van der Waals surface area contributed by atoms with Crippen molar-refractivity contribution in [3.63, 3.8) is 0 Å². The van der Waals surface area contributed by atoms with Crippen LogP contribution in [-0.4, -0.2) is 36.5 Å². The van der Waals surface area contributed by atoms with Crippen molar-refractivity contribution >= 4 is 17.6 Å². The Kier molecular flexibility index (Phi) is 3.34. The van der Waals surface area contributed by atoms with E-state index in [4.69, 9.17) is 4.74 Å². The zero-order chi connectivity index (χ0) is 14.1. The van der Waals surface area contributed by atoms with E-state index in [0.717, 1.165) is 25.7 Å². The maximum atomic E-state index is 12.5. The van der Waals surface area contributed by atoms with E-state index in [0.29, 0.717) is 18.0 Å². The molecule has 2 aliphatic heterocycles. The van der Waals surface area contributed by atoms with Gasteiger partial charge in [0, 0.05) is 6.54 Å². The van der Waals surface area contributed by atoms with Gasteiger partial charge in [-0.1, -0.05) is 12.8 Å². The van der Waals surface area contributed by atoms with E-state index in [9.17, 15) is 9.59 Å². The molecule has 1 aromatic carbocycles. The van der Waals surface area contributed by atoms with Gasteiger partial charge in [-0.15, -0.1) is 0 Å². The van der Waals surface area contributed by atoms with Gasteiger partial charge in [-0.3, -0.25) is 4.79 Å². The lowest BCUT2D eigenvalue weighted by atomic mass is 10.1. The number of amides is 3. The van der Waals surface area contributed by atoms with Gasteiger partial charge in [0.1, 0.15) is 11.8 Å². The normalized spacial score (nSPS) is 22.8. The third kappa shape index (κ3) is 2.03. The standard InChI is InChI=1S/C15H18N2O3/c1-20-12-8-6-11(7-9-12)17-14(18)13-5-3-2-4-10-16(13)15(17)19/h6-9,13H,2-5,10H2,1H3/t13-/m0/s1. The number of carbonyl (C=O) groups is 2. The van der Waals surface area contributed by atoms with Crippen molar-refractivity contribution in [2.75, 3.05) is 18.6 Å². The molecule has 2 aliphatic rings. The number of ether oxygens (including phenoxy) is 1. The molecule has 106 valence electrons. The number of urea groups is 1. The van der Waals surface area contributed by atoms with Gasteiger partial charge in [0.2, 0.25) is 0 Å². The van der Waals surface area contributed by atoms with Crippen molar-refractivity contribution in [3.8, 4) is 5.75 Å². The molecule has 2 fully saturated rings. The lowest BCUT2D eigenvalue weighted by molar-refractivity contribution is -0.119. The monoisotopic (exact) mass is 274 g/mol. The van der Waals surface area contributed by atoms with Crippen LogP contribution in [0.3, 0.4) is 0 Å². The fraction of sp³-hybridized carbons (Fsp3) is 0.467. The van der Waals surface area contributed by atoms with E-state index in [1.165, 1.54) is 4.90 Å². The van der Waals surface area contributed by atoms with Crippen LogP contribution in [0.4, 0.5) is 10.5 Å². The van der Waals surface area contributed by atoms with E-state index in [1.54, 1.807) is 36.3 Å². The lowest BCUT2D eigenvalue weighted by Crippen LogP contribution is -2.34. The van der Waals surface area contributed by atoms with E-state index < -0.39 is 0 Å². The van der Waals surface area contributed by atoms with Crippen molar-refractivity contribution in [3.05, 3.63) is 24.3 Å². The van der Waals surface area contributed by atoms with Crippen LogP contribution in [0, 0.1) is 0 Å².